The molecule has 0 saturated carbocycles. The van der Waals surface area contributed by atoms with Crippen molar-refractivity contribution in [3.05, 3.63) is 29.8 Å². The molecule has 2 N–H and O–H groups in total. The SMILES string of the molecule is O=C1CC(O)CN1c1cccc(CCO)c1. The van der Waals surface area contributed by atoms with E-state index in [0.717, 1.165) is 11.3 Å². The molecule has 1 unspecified atom stereocenters. The van der Waals surface area contributed by atoms with Gasteiger partial charge in [0, 0.05) is 12.3 Å². The Hall–Kier alpha value is -1.39. The lowest BCUT2D eigenvalue weighted by molar-refractivity contribution is -0.117. The quantitative estimate of drug-likeness (QED) is 0.772. The van der Waals surface area contributed by atoms with Crippen LogP contribution in [0.1, 0.15) is 12.0 Å². The molecule has 0 spiro atoms. The zero-order valence-corrected chi connectivity index (χ0v) is 8.97. The first-order chi connectivity index (χ1) is 7.70. The van der Waals surface area contributed by atoms with Crippen molar-refractivity contribution in [1.29, 1.82) is 0 Å². The van der Waals surface area contributed by atoms with E-state index in [0.29, 0.717) is 13.0 Å². The monoisotopic (exact) mass is 221 g/mol. The first-order valence-corrected chi connectivity index (χ1v) is 5.39. The number of carbonyl (C=O) groups is 1. The first-order valence-electron chi connectivity index (χ1n) is 5.39. The fourth-order valence-electron chi connectivity index (χ4n) is 1.95. The van der Waals surface area contributed by atoms with E-state index >= 15 is 0 Å². The Morgan fingerprint density at radius 2 is 2.25 bits per heavy atom. The Balaban J connectivity index is 2.20. The van der Waals surface area contributed by atoms with Crippen LogP contribution < -0.4 is 4.90 Å². The van der Waals surface area contributed by atoms with Gasteiger partial charge in [0.1, 0.15) is 0 Å². The van der Waals surface area contributed by atoms with E-state index in [-0.39, 0.29) is 18.9 Å². The number of nitrogens with zero attached hydrogens (tertiary/aromatic N) is 1. The van der Waals surface area contributed by atoms with Crippen molar-refractivity contribution in [2.75, 3.05) is 18.1 Å². The maximum Gasteiger partial charge on any atom is 0.229 e. The van der Waals surface area contributed by atoms with Gasteiger partial charge >= 0.3 is 0 Å². The third-order valence-corrected chi connectivity index (χ3v) is 2.73. The van der Waals surface area contributed by atoms with Crippen LogP contribution in [0.2, 0.25) is 0 Å². The highest BCUT2D eigenvalue weighted by atomic mass is 16.3. The van der Waals surface area contributed by atoms with Crippen LogP contribution in [0, 0.1) is 0 Å². The van der Waals surface area contributed by atoms with E-state index < -0.39 is 6.10 Å². The Morgan fingerprint density at radius 1 is 1.44 bits per heavy atom. The van der Waals surface area contributed by atoms with Crippen molar-refractivity contribution in [2.45, 2.75) is 18.9 Å². The lowest BCUT2D eigenvalue weighted by Crippen LogP contribution is -2.25. The maximum atomic E-state index is 11.6. The van der Waals surface area contributed by atoms with Crippen LogP contribution in [0.3, 0.4) is 0 Å². The van der Waals surface area contributed by atoms with Gasteiger partial charge in [0.15, 0.2) is 0 Å². The van der Waals surface area contributed by atoms with E-state index in [9.17, 15) is 9.90 Å². The summed E-state index contributed by atoms with van der Waals surface area (Å²) in [6.07, 6.45) is 0.219. The maximum absolute atomic E-state index is 11.6. The molecular formula is C12H15NO3. The third kappa shape index (κ3) is 2.23. The molecule has 1 saturated heterocycles. The molecule has 1 aromatic carbocycles. The van der Waals surface area contributed by atoms with Crippen LogP contribution in [0.15, 0.2) is 24.3 Å². The highest BCUT2D eigenvalue weighted by Crippen LogP contribution is 2.22. The molecule has 86 valence electrons. The smallest absolute Gasteiger partial charge is 0.229 e. The molecule has 0 bridgehead atoms. The van der Waals surface area contributed by atoms with E-state index in [4.69, 9.17) is 5.11 Å². The van der Waals surface area contributed by atoms with E-state index in [1.807, 2.05) is 24.3 Å². The summed E-state index contributed by atoms with van der Waals surface area (Å²) < 4.78 is 0. The second-order valence-electron chi connectivity index (χ2n) is 4.01. The first kappa shape index (κ1) is 11.1. The third-order valence-electron chi connectivity index (χ3n) is 2.73. The molecule has 16 heavy (non-hydrogen) atoms. The van der Waals surface area contributed by atoms with Gasteiger partial charge in [-0.25, -0.2) is 0 Å². The van der Waals surface area contributed by atoms with Crippen molar-refractivity contribution in [3.8, 4) is 0 Å². The number of aliphatic hydroxyl groups excluding tert-OH is 2. The average molecular weight is 221 g/mol. The molecule has 0 aliphatic carbocycles. The van der Waals surface area contributed by atoms with Gasteiger partial charge in [-0.05, 0) is 24.1 Å². The predicted molar refractivity (Wildman–Crippen MR) is 60.2 cm³/mol. The Kier molecular flexibility index (Phi) is 3.22. The minimum absolute atomic E-state index is 0.0475. The molecule has 1 aliphatic heterocycles. The molecule has 1 aromatic rings. The Labute approximate surface area is 94.1 Å². The number of benzene rings is 1. The molecule has 4 heteroatoms. The number of β-amino-alcohol motifs (C(OH)–C–C–N with tert-alkyl or cyclic N) is 1. The molecule has 1 heterocycles. The van der Waals surface area contributed by atoms with Crippen molar-refractivity contribution >= 4 is 11.6 Å². The topological polar surface area (TPSA) is 60.8 Å². The Morgan fingerprint density at radius 3 is 2.88 bits per heavy atom. The number of hydrogen-bond donors (Lipinski definition) is 2. The molecule has 0 radical (unpaired) electrons. The summed E-state index contributed by atoms with van der Waals surface area (Å²) in [5, 5.41) is 18.3. The van der Waals surface area contributed by atoms with Gasteiger partial charge in [0.05, 0.1) is 19.1 Å². The van der Waals surface area contributed by atoms with Crippen LogP contribution in [-0.4, -0.2) is 35.4 Å². The van der Waals surface area contributed by atoms with Crippen molar-refractivity contribution in [2.24, 2.45) is 0 Å². The number of carbonyl (C=O) groups excluding carboxylic acids is 1. The lowest BCUT2D eigenvalue weighted by atomic mass is 10.1. The zero-order chi connectivity index (χ0) is 11.5. The van der Waals surface area contributed by atoms with E-state index in [1.165, 1.54) is 0 Å². The predicted octanol–water partition coefficient (Wildman–Crippen LogP) is 0.319. The van der Waals surface area contributed by atoms with Gasteiger partial charge < -0.3 is 15.1 Å². The zero-order valence-electron chi connectivity index (χ0n) is 8.97. The molecule has 0 aromatic heterocycles. The van der Waals surface area contributed by atoms with E-state index in [2.05, 4.69) is 0 Å². The van der Waals surface area contributed by atoms with Crippen molar-refractivity contribution in [1.82, 2.24) is 0 Å². The lowest BCUT2D eigenvalue weighted by Gasteiger charge is -2.16. The number of anilines is 1. The molecule has 1 fully saturated rings. The normalized spacial score (nSPS) is 20.5. The van der Waals surface area contributed by atoms with Gasteiger partial charge in [0.2, 0.25) is 5.91 Å². The average Bonchev–Trinajstić information content (AvgIpc) is 2.59. The molecule has 2 rings (SSSR count). The number of rotatable bonds is 3. The summed E-state index contributed by atoms with van der Waals surface area (Å²) >= 11 is 0. The van der Waals surface area contributed by atoms with Crippen LogP contribution >= 0.6 is 0 Å². The number of hydrogen-bond acceptors (Lipinski definition) is 3. The van der Waals surface area contributed by atoms with Crippen LogP contribution in [-0.2, 0) is 11.2 Å². The second-order valence-corrected chi connectivity index (χ2v) is 4.01. The molecule has 4 nitrogen and oxygen atoms in total. The highest BCUT2D eigenvalue weighted by molar-refractivity contribution is 5.96. The summed E-state index contributed by atoms with van der Waals surface area (Å²) in [6.45, 7) is 0.460. The summed E-state index contributed by atoms with van der Waals surface area (Å²) in [6, 6.07) is 7.50. The molecular weight excluding hydrogens is 206 g/mol. The minimum atomic E-state index is -0.561. The number of aliphatic hydroxyl groups is 2. The summed E-state index contributed by atoms with van der Waals surface area (Å²) in [4.78, 5) is 13.2. The summed E-state index contributed by atoms with van der Waals surface area (Å²) in [5.41, 5.74) is 1.79. The van der Waals surface area contributed by atoms with Gasteiger partial charge in [0.25, 0.3) is 0 Å². The standard InChI is InChI=1S/C12H15NO3/c14-5-4-9-2-1-3-10(6-9)13-8-11(15)7-12(13)16/h1-3,6,11,14-15H,4-5,7-8H2. The molecule has 1 amide bonds. The van der Waals surface area contributed by atoms with Gasteiger partial charge in [-0.15, -0.1) is 0 Å². The minimum Gasteiger partial charge on any atom is -0.396 e. The van der Waals surface area contributed by atoms with Gasteiger partial charge in [-0.2, -0.15) is 0 Å². The second kappa shape index (κ2) is 4.63. The fourth-order valence-corrected chi connectivity index (χ4v) is 1.95. The van der Waals surface area contributed by atoms with Gasteiger partial charge in [-0.3, -0.25) is 4.79 Å². The molecule has 1 aliphatic rings. The van der Waals surface area contributed by atoms with E-state index in [1.54, 1.807) is 4.90 Å². The summed E-state index contributed by atoms with van der Waals surface area (Å²) in [5.74, 6) is -0.0475. The van der Waals surface area contributed by atoms with Crippen LogP contribution in [0.5, 0.6) is 0 Å². The van der Waals surface area contributed by atoms with Crippen molar-refractivity contribution < 1.29 is 15.0 Å². The van der Waals surface area contributed by atoms with Crippen LogP contribution in [0.4, 0.5) is 5.69 Å². The van der Waals surface area contributed by atoms with Crippen molar-refractivity contribution in [3.63, 3.8) is 0 Å². The fraction of sp³-hybridized carbons (Fsp3) is 0.417. The highest BCUT2D eigenvalue weighted by Gasteiger charge is 2.28. The largest absolute Gasteiger partial charge is 0.396 e. The Bertz CT molecular complexity index is 392. The summed E-state index contributed by atoms with van der Waals surface area (Å²) in [7, 11) is 0. The molecule has 1 atom stereocenters. The van der Waals surface area contributed by atoms with Crippen LogP contribution in [0.25, 0.3) is 0 Å². The van der Waals surface area contributed by atoms with Gasteiger partial charge in [-0.1, -0.05) is 12.1 Å². The number of amides is 1.